The molecule has 0 radical (unpaired) electrons. The van der Waals surface area contributed by atoms with Gasteiger partial charge in [-0.2, -0.15) is 9.78 Å². The van der Waals surface area contributed by atoms with Gasteiger partial charge < -0.3 is 19.0 Å². The van der Waals surface area contributed by atoms with Crippen molar-refractivity contribution in [2.75, 3.05) is 6.61 Å². The predicted molar refractivity (Wildman–Crippen MR) is 167 cm³/mol. The van der Waals surface area contributed by atoms with Gasteiger partial charge in [0.25, 0.3) is 5.56 Å². The predicted octanol–water partition coefficient (Wildman–Crippen LogP) is 7.13. The van der Waals surface area contributed by atoms with Crippen molar-refractivity contribution in [3.05, 3.63) is 123 Å². The average Bonchev–Trinajstić information content (AvgIpc) is 3.43. The second-order valence-electron chi connectivity index (χ2n) is 9.54. The first kappa shape index (κ1) is 27.9. The van der Waals surface area contributed by atoms with E-state index in [0.29, 0.717) is 51.5 Å². The number of ether oxygens (including phenoxy) is 2. The molecule has 9 nitrogen and oxygen atoms in total. The van der Waals surface area contributed by atoms with Gasteiger partial charge >= 0.3 is 5.97 Å². The molecule has 6 aromatic rings. The summed E-state index contributed by atoms with van der Waals surface area (Å²) in [6, 6.07) is 26.4. The number of fused-ring (bicyclic) bond motifs is 2. The standard InChI is InChI=1S/C33H24BrN3O6/c1-2-41-29-15-20(10-12-28(29)42-19-21-6-5-7-22(14-21)33(39)40)18-35-37-31(36-26-9-4-3-8-25(26)32(37)38)30-17-23-16-24(34)11-13-27(23)43-30/h3-18H,2,19H2,1H3,(H,39,40). The number of hydrogen-bond acceptors (Lipinski definition) is 7. The van der Waals surface area contributed by atoms with Crippen LogP contribution < -0.4 is 15.0 Å². The summed E-state index contributed by atoms with van der Waals surface area (Å²) in [4.78, 5) is 29.6. The molecule has 1 N–H and O–H groups in total. The first-order valence-electron chi connectivity index (χ1n) is 13.4. The normalized spacial score (nSPS) is 11.4. The summed E-state index contributed by atoms with van der Waals surface area (Å²) in [5.74, 6) is 0.628. The highest BCUT2D eigenvalue weighted by molar-refractivity contribution is 9.10. The maximum Gasteiger partial charge on any atom is 0.335 e. The Labute approximate surface area is 253 Å². The van der Waals surface area contributed by atoms with Crippen molar-refractivity contribution in [2.45, 2.75) is 13.5 Å². The van der Waals surface area contributed by atoms with Gasteiger partial charge in [-0.25, -0.2) is 9.78 Å². The summed E-state index contributed by atoms with van der Waals surface area (Å²) >= 11 is 3.48. The van der Waals surface area contributed by atoms with Crippen LogP contribution in [0.5, 0.6) is 11.5 Å². The van der Waals surface area contributed by atoms with Crippen LogP contribution in [0, 0.1) is 0 Å². The topological polar surface area (TPSA) is 116 Å². The summed E-state index contributed by atoms with van der Waals surface area (Å²) in [5, 5.41) is 15.1. The van der Waals surface area contributed by atoms with Crippen LogP contribution in [-0.4, -0.2) is 33.6 Å². The lowest BCUT2D eigenvalue weighted by atomic mass is 10.1. The minimum absolute atomic E-state index is 0.157. The molecule has 2 aromatic heterocycles. The van der Waals surface area contributed by atoms with E-state index in [9.17, 15) is 14.7 Å². The molecule has 10 heteroatoms. The number of rotatable bonds is 9. The van der Waals surface area contributed by atoms with Crippen molar-refractivity contribution in [1.82, 2.24) is 9.66 Å². The van der Waals surface area contributed by atoms with Crippen LogP contribution in [-0.2, 0) is 6.61 Å². The molecule has 0 aliphatic rings. The first-order valence-corrected chi connectivity index (χ1v) is 14.2. The molecule has 0 aliphatic carbocycles. The Morgan fingerprint density at radius 3 is 2.70 bits per heavy atom. The highest BCUT2D eigenvalue weighted by atomic mass is 79.9. The van der Waals surface area contributed by atoms with Gasteiger partial charge in [-0.15, -0.1) is 0 Å². The van der Waals surface area contributed by atoms with Crippen molar-refractivity contribution in [3.8, 4) is 23.1 Å². The monoisotopic (exact) mass is 637 g/mol. The summed E-state index contributed by atoms with van der Waals surface area (Å²) in [6.45, 7) is 2.41. The molecule has 214 valence electrons. The molecule has 0 saturated heterocycles. The van der Waals surface area contributed by atoms with E-state index >= 15 is 0 Å². The summed E-state index contributed by atoms with van der Waals surface area (Å²) in [6.07, 6.45) is 1.54. The van der Waals surface area contributed by atoms with Crippen LogP contribution in [0.25, 0.3) is 33.5 Å². The van der Waals surface area contributed by atoms with E-state index in [1.165, 1.54) is 10.7 Å². The molecule has 0 bridgehead atoms. The Morgan fingerprint density at radius 2 is 1.86 bits per heavy atom. The van der Waals surface area contributed by atoms with Crippen molar-refractivity contribution in [2.24, 2.45) is 5.10 Å². The van der Waals surface area contributed by atoms with Gasteiger partial charge in [0.05, 0.1) is 29.3 Å². The average molecular weight is 638 g/mol. The SMILES string of the molecule is CCOc1cc(C=Nn2c(-c3cc4cc(Br)ccc4o3)nc3ccccc3c2=O)ccc1OCc1cccc(C(=O)O)c1. The van der Waals surface area contributed by atoms with Gasteiger partial charge in [0, 0.05) is 9.86 Å². The third kappa shape index (κ3) is 5.91. The molecule has 43 heavy (non-hydrogen) atoms. The Morgan fingerprint density at radius 1 is 1.00 bits per heavy atom. The van der Waals surface area contributed by atoms with Crippen LogP contribution in [0.15, 0.2) is 110 Å². The van der Waals surface area contributed by atoms with Crippen LogP contribution in [0.3, 0.4) is 0 Å². The summed E-state index contributed by atoms with van der Waals surface area (Å²) in [7, 11) is 0. The van der Waals surface area contributed by atoms with Crippen molar-refractivity contribution >= 4 is 50.0 Å². The molecular weight excluding hydrogens is 614 g/mol. The Hall–Kier alpha value is -5.22. The maximum atomic E-state index is 13.6. The number of aromatic nitrogens is 2. The van der Waals surface area contributed by atoms with Gasteiger partial charge in [0.15, 0.2) is 17.3 Å². The van der Waals surface area contributed by atoms with E-state index < -0.39 is 5.97 Å². The molecule has 6 rings (SSSR count). The molecule has 0 spiro atoms. The molecule has 0 unspecified atom stereocenters. The smallest absolute Gasteiger partial charge is 0.335 e. The number of carboxylic acid groups (broad SMARTS) is 1. The van der Waals surface area contributed by atoms with Crippen molar-refractivity contribution in [1.29, 1.82) is 0 Å². The van der Waals surface area contributed by atoms with Crippen molar-refractivity contribution in [3.63, 3.8) is 0 Å². The van der Waals surface area contributed by atoms with Crippen LogP contribution in [0.1, 0.15) is 28.4 Å². The maximum absolute atomic E-state index is 13.6. The van der Waals surface area contributed by atoms with Crippen LogP contribution >= 0.6 is 15.9 Å². The van der Waals surface area contributed by atoms with E-state index in [-0.39, 0.29) is 23.6 Å². The molecule has 0 aliphatic heterocycles. The second-order valence-corrected chi connectivity index (χ2v) is 10.5. The highest BCUT2D eigenvalue weighted by Crippen LogP contribution is 2.31. The van der Waals surface area contributed by atoms with E-state index in [4.69, 9.17) is 18.9 Å². The minimum atomic E-state index is -1.00. The number of carbonyl (C=O) groups is 1. The number of furan rings is 1. The zero-order valence-corrected chi connectivity index (χ0v) is 24.4. The highest BCUT2D eigenvalue weighted by Gasteiger charge is 2.17. The zero-order chi connectivity index (χ0) is 29.9. The van der Waals surface area contributed by atoms with Gasteiger partial charge in [-0.05, 0) is 84.8 Å². The lowest BCUT2D eigenvalue weighted by Gasteiger charge is -2.13. The van der Waals surface area contributed by atoms with E-state index in [0.717, 1.165) is 9.86 Å². The fourth-order valence-corrected chi connectivity index (χ4v) is 4.97. The number of aromatic carboxylic acids is 1. The van der Waals surface area contributed by atoms with E-state index in [2.05, 4.69) is 21.0 Å². The van der Waals surface area contributed by atoms with Crippen LogP contribution in [0.2, 0.25) is 0 Å². The number of nitrogens with zero attached hydrogens (tertiary/aromatic N) is 3. The Balaban J connectivity index is 1.35. The number of halogens is 1. The molecular formula is C33H24BrN3O6. The van der Waals surface area contributed by atoms with E-state index in [1.807, 2.05) is 37.3 Å². The van der Waals surface area contributed by atoms with Crippen LogP contribution in [0.4, 0.5) is 0 Å². The largest absolute Gasteiger partial charge is 0.490 e. The lowest BCUT2D eigenvalue weighted by Crippen LogP contribution is -2.20. The van der Waals surface area contributed by atoms with Crippen molar-refractivity contribution < 1.29 is 23.8 Å². The zero-order valence-electron chi connectivity index (χ0n) is 22.9. The first-order chi connectivity index (χ1) is 20.9. The summed E-state index contributed by atoms with van der Waals surface area (Å²) in [5.41, 5.74) is 2.40. The number of carboxylic acids is 1. The Bertz CT molecular complexity index is 2080. The van der Waals surface area contributed by atoms with Gasteiger partial charge in [-0.1, -0.05) is 40.2 Å². The third-order valence-electron chi connectivity index (χ3n) is 6.61. The lowest BCUT2D eigenvalue weighted by molar-refractivity contribution is 0.0696. The number of hydrogen-bond donors (Lipinski definition) is 1. The third-order valence-corrected chi connectivity index (χ3v) is 7.10. The quantitative estimate of drug-likeness (QED) is 0.168. The molecule has 0 fully saturated rings. The number of benzene rings is 4. The Kier molecular flexibility index (Phi) is 7.76. The minimum Gasteiger partial charge on any atom is -0.490 e. The summed E-state index contributed by atoms with van der Waals surface area (Å²) < 4.78 is 20.0. The fourth-order valence-electron chi connectivity index (χ4n) is 4.59. The number of para-hydroxylation sites is 1. The van der Waals surface area contributed by atoms with E-state index in [1.54, 1.807) is 60.8 Å². The van der Waals surface area contributed by atoms with Gasteiger partial charge in [0.1, 0.15) is 12.2 Å². The molecule has 0 saturated carbocycles. The molecule has 2 heterocycles. The second kappa shape index (κ2) is 11.9. The molecule has 4 aromatic carbocycles. The fraction of sp³-hybridized carbons (Fsp3) is 0.0909. The van der Waals surface area contributed by atoms with Gasteiger partial charge in [0.2, 0.25) is 5.82 Å². The molecule has 0 atom stereocenters. The van der Waals surface area contributed by atoms with Gasteiger partial charge in [-0.3, -0.25) is 4.79 Å². The molecule has 0 amide bonds.